The smallest absolute Gasteiger partial charge is 0.160 e. The summed E-state index contributed by atoms with van der Waals surface area (Å²) in [6.45, 7) is 2.84. The molecule has 1 aromatic rings. The highest BCUT2D eigenvalue weighted by atomic mass is 35.5. The molecule has 1 saturated heterocycles. The number of aliphatic hydroxyl groups is 1. The molecule has 1 aliphatic heterocycles. The van der Waals surface area contributed by atoms with Crippen molar-refractivity contribution < 1.29 is 19.4 Å². The summed E-state index contributed by atoms with van der Waals surface area (Å²) in [5.74, 6) is 1.30. The molecule has 6 nitrogen and oxygen atoms in total. The van der Waals surface area contributed by atoms with Gasteiger partial charge in [-0.3, -0.25) is 0 Å². The van der Waals surface area contributed by atoms with E-state index in [2.05, 4.69) is 10.1 Å². The van der Waals surface area contributed by atoms with Gasteiger partial charge in [0, 0.05) is 13.0 Å². The van der Waals surface area contributed by atoms with Crippen LogP contribution in [0.2, 0.25) is 0 Å². The van der Waals surface area contributed by atoms with Gasteiger partial charge in [-0.15, -0.1) is 0 Å². The average molecular weight is 371 g/mol. The highest BCUT2D eigenvalue weighted by molar-refractivity contribution is 6.65. The van der Waals surface area contributed by atoms with Gasteiger partial charge in [-0.2, -0.15) is 0 Å². The third-order valence-corrected chi connectivity index (χ3v) is 4.35. The van der Waals surface area contributed by atoms with Crippen LogP contribution in [0.15, 0.2) is 23.4 Å². The quantitative estimate of drug-likeness (QED) is 0.535. The number of β-amino-alcohol motifs (C(OH)–C–C–N with tert-alkyl or cyclic N) is 1. The molecule has 1 fully saturated rings. The molecular formula is C18H27ClN2O4. The van der Waals surface area contributed by atoms with Crippen molar-refractivity contribution in [1.29, 1.82) is 0 Å². The fourth-order valence-corrected chi connectivity index (χ4v) is 3.08. The largest absolute Gasteiger partial charge is 0.493 e. The normalized spacial score (nSPS) is 17.2. The Morgan fingerprint density at radius 3 is 2.60 bits per heavy atom. The number of hydrogen-bond acceptors (Lipinski definition) is 6. The molecule has 25 heavy (non-hydrogen) atoms. The maximum Gasteiger partial charge on any atom is 0.160 e. The van der Waals surface area contributed by atoms with Crippen LogP contribution in [0.1, 0.15) is 24.8 Å². The Bertz CT molecular complexity index is 562. The van der Waals surface area contributed by atoms with Crippen LogP contribution < -0.4 is 9.47 Å². The number of likely N-dealkylation sites (tertiary alicyclic amines) is 1. The van der Waals surface area contributed by atoms with E-state index in [9.17, 15) is 5.11 Å². The van der Waals surface area contributed by atoms with Gasteiger partial charge in [0.1, 0.15) is 17.9 Å². The Balaban J connectivity index is 1.77. The molecule has 0 radical (unpaired) electrons. The van der Waals surface area contributed by atoms with Gasteiger partial charge in [-0.1, -0.05) is 29.2 Å². The van der Waals surface area contributed by atoms with Crippen molar-refractivity contribution in [2.45, 2.75) is 31.8 Å². The van der Waals surface area contributed by atoms with Crippen molar-refractivity contribution in [1.82, 2.24) is 4.90 Å². The summed E-state index contributed by atoms with van der Waals surface area (Å²) >= 11 is 6.12. The zero-order chi connectivity index (χ0) is 18.1. The lowest BCUT2D eigenvalue weighted by molar-refractivity contribution is 0.0159. The number of hydrogen-bond donors (Lipinski definition) is 1. The van der Waals surface area contributed by atoms with Crippen molar-refractivity contribution in [3.63, 3.8) is 0 Å². The molecule has 1 aromatic carbocycles. The minimum Gasteiger partial charge on any atom is -0.493 e. The molecule has 0 aliphatic carbocycles. The molecule has 1 unspecified atom stereocenters. The number of methoxy groups -OCH3 is 2. The number of halogens is 1. The minimum atomic E-state index is -0.563. The predicted molar refractivity (Wildman–Crippen MR) is 98.8 cm³/mol. The van der Waals surface area contributed by atoms with Crippen molar-refractivity contribution in [2.24, 2.45) is 5.16 Å². The second kappa shape index (κ2) is 10.5. The Morgan fingerprint density at radius 1 is 1.20 bits per heavy atom. The summed E-state index contributed by atoms with van der Waals surface area (Å²) in [4.78, 5) is 7.45. The molecule has 1 atom stereocenters. The molecule has 0 bridgehead atoms. The zero-order valence-corrected chi connectivity index (χ0v) is 15.7. The molecule has 0 spiro atoms. The van der Waals surface area contributed by atoms with Gasteiger partial charge in [0.15, 0.2) is 11.5 Å². The van der Waals surface area contributed by atoms with Gasteiger partial charge in [0.25, 0.3) is 0 Å². The van der Waals surface area contributed by atoms with Crippen LogP contribution >= 0.6 is 11.6 Å². The van der Waals surface area contributed by atoms with Crippen molar-refractivity contribution in [3.8, 4) is 11.5 Å². The van der Waals surface area contributed by atoms with Crippen LogP contribution in [0.5, 0.6) is 11.5 Å². The monoisotopic (exact) mass is 370 g/mol. The van der Waals surface area contributed by atoms with Gasteiger partial charge in [0.05, 0.1) is 14.2 Å². The molecular weight excluding hydrogens is 344 g/mol. The topological polar surface area (TPSA) is 63.5 Å². The predicted octanol–water partition coefficient (Wildman–Crippen LogP) is 2.66. The third kappa shape index (κ3) is 6.72. The first-order chi connectivity index (χ1) is 12.1. The molecule has 0 saturated carbocycles. The lowest BCUT2D eigenvalue weighted by Gasteiger charge is -2.27. The van der Waals surface area contributed by atoms with E-state index in [1.807, 2.05) is 18.2 Å². The van der Waals surface area contributed by atoms with Crippen molar-refractivity contribution in [3.05, 3.63) is 23.8 Å². The first-order valence-corrected chi connectivity index (χ1v) is 8.96. The van der Waals surface area contributed by atoms with Crippen LogP contribution in [-0.4, -0.2) is 61.7 Å². The average Bonchev–Trinajstić information content (AvgIpc) is 2.62. The standard InChI is InChI=1S/C18H27ClN2O4/c1-23-16-7-6-14(10-17(16)24-2)11-18(19)20-25-13-15(22)12-21-8-4-3-5-9-21/h6-7,10,15,22H,3-5,8-9,11-13H2,1-2H3/b20-18+. The SMILES string of the molecule is COc1ccc(C/C(Cl)=N\OCC(O)CN2CCCCC2)cc1OC. The van der Waals surface area contributed by atoms with Crippen LogP contribution in [0, 0.1) is 0 Å². The van der Waals surface area contributed by atoms with E-state index in [0.29, 0.717) is 29.6 Å². The number of aliphatic hydroxyl groups excluding tert-OH is 1. The van der Waals surface area contributed by atoms with Gasteiger partial charge >= 0.3 is 0 Å². The maximum atomic E-state index is 10.0. The van der Waals surface area contributed by atoms with Crippen LogP contribution in [0.25, 0.3) is 0 Å². The maximum absolute atomic E-state index is 10.0. The van der Waals surface area contributed by atoms with Gasteiger partial charge in [-0.25, -0.2) is 0 Å². The van der Waals surface area contributed by atoms with Crippen LogP contribution in [0.3, 0.4) is 0 Å². The number of rotatable bonds is 9. The lowest BCUT2D eigenvalue weighted by atomic mass is 10.1. The number of piperidine rings is 1. The Morgan fingerprint density at radius 2 is 1.92 bits per heavy atom. The number of oxime groups is 1. The van der Waals surface area contributed by atoms with Gasteiger partial charge < -0.3 is 24.3 Å². The number of ether oxygens (including phenoxy) is 2. The number of benzene rings is 1. The van der Waals surface area contributed by atoms with E-state index in [4.69, 9.17) is 25.9 Å². The van der Waals surface area contributed by atoms with E-state index >= 15 is 0 Å². The van der Waals surface area contributed by atoms with Crippen molar-refractivity contribution >= 4 is 16.8 Å². The second-order valence-electron chi connectivity index (χ2n) is 6.14. The first kappa shape index (κ1) is 19.8. The second-order valence-corrected chi connectivity index (χ2v) is 6.58. The summed E-state index contributed by atoms with van der Waals surface area (Å²) in [6.07, 6.45) is 3.53. The molecule has 0 amide bonds. The Labute approximate surface area is 154 Å². The summed E-state index contributed by atoms with van der Waals surface area (Å²) in [6, 6.07) is 5.56. The summed E-state index contributed by atoms with van der Waals surface area (Å²) in [5, 5.41) is 14.2. The van der Waals surface area contributed by atoms with E-state index < -0.39 is 6.10 Å². The summed E-state index contributed by atoms with van der Waals surface area (Å²) in [5.41, 5.74) is 0.934. The first-order valence-electron chi connectivity index (χ1n) is 8.58. The molecule has 2 rings (SSSR count). The highest BCUT2D eigenvalue weighted by Gasteiger charge is 2.15. The summed E-state index contributed by atoms with van der Waals surface area (Å²) in [7, 11) is 3.18. The third-order valence-electron chi connectivity index (χ3n) is 4.15. The molecule has 1 heterocycles. The Hall–Kier alpha value is -1.50. The zero-order valence-electron chi connectivity index (χ0n) is 14.9. The number of nitrogens with zero attached hydrogens (tertiary/aromatic N) is 2. The van der Waals surface area contributed by atoms with Gasteiger partial charge in [0.2, 0.25) is 0 Å². The van der Waals surface area contributed by atoms with E-state index in [0.717, 1.165) is 18.7 Å². The molecule has 1 aliphatic rings. The summed E-state index contributed by atoms with van der Waals surface area (Å²) < 4.78 is 10.5. The van der Waals surface area contributed by atoms with Crippen LogP contribution in [0.4, 0.5) is 0 Å². The molecule has 7 heteroatoms. The minimum absolute atomic E-state index is 0.138. The molecule has 140 valence electrons. The van der Waals surface area contributed by atoms with E-state index in [1.165, 1.54) is 19.3 Å². The molecule has 0 aromatic heterocycles. The lowest BCUT2D eigenvalue weighted by Crippen LogP contribution is -2.38. The van der Waals surface area contributed by atoms with Gasteiger partial charge in [-0.05, 0) is 43.6 Å². The fourth-order valence-electron chi connectivity index (χ4n) is 2.88. The van der Waals surface area contributed by atoms with Crippen molar-refractivity contribution in [2.75, 3.05) is 40.5 Å². The Kier molecular flexibility index (Phi) is 8.31. The van der Waals surface area contributed by atoms with E-state index in [1.54, 1.807) is 14.2 Å². The van der Waals surface area contributed by atoms with E-state index in [-0.39, 0.29) is 6.61 Å². The fraction of sp³-hybridized carbons (Fsp3) is 0.611. The highest BCUT2D eigenvalue weighted by Crippen LogP contribution is 2.27. The van der Waals surface area contributed by atoms with Crippen LogP contribution in [-0.2, 0) is 11.3 Å². The molecule has 1 N–H and O–H groups in total.